The van der Waals surface area contributed by atoms with E-state index in [1.807, 2.05) is 23.1 Å². The summed E-state index contributed by atoms with van der Waals surface area (Å²) in [5.41, 5.74) is 1.83. The first-order valence-corrected chi connectivity index (χ1v) is 10.6. The third-order valence-corrected chi connectivity index (χ3v) is 5.76. The lowest BCUT2D eigenvalue weighted by molar-refractivity contribution is -0.133. The van der Waals surface area contributed by atoms with Gasteiger partial charge < -0.3 is 9.80 Å². The molecule has 0 aromatic heterocycles. The van der Waals surface area contributed by atoms with E-state index >= 15 is 0 Å². The number of urea groups is 1. The summed E-state index contributed by atoms with van der Waals surface area (Å²) in [4.78, 5) is 32.7. The van der Waals surface area contributed by atoms with Crippen LogP contribution in [0.1, 0.15) is 5.56 Å². The summed E-state index contributed by atoms with van der Waals surface area (Å²) in [5, 5.41) is 0. The highest BCUT2D eigenvalue weighted by molar-refractivity contribution is 5.96. The van der Waals surface area contributed by atoms with Gasteiger partial charge in [-0.05, 0) is 29.8 Å². The lowest BCUT2D eigenvalue weighted by Crippen LogP contribution is -2.51. The van der Waals surface area contributed by atoms with E-state index in [1.165, 1.54) is 17.7 Å². The maximum atomic E-state index is 13.1. The highest BCUT2D eigenvalue weighted by atomic mass is 19.1. The Morgan fingerprint density at radius 2 is 1.61 bits per heavy atom. The number of benzene rings is 2. The zero-order valence-corrected chi connectivity index (χ0v) is 17.5. The minimum atomic E-state index is -0.336. The number of hydrogen-bond donors (Lipinski definition) is 0. The van der Waals surface area contributed by atoms with Gasteiger partial charge in [-0.2, -0.15) is 0 Å². The van der Waals surface area contributed by atoms with Crippen LogP contribution in [0.4, 0.5) is 14.9 Å². The fourth-order valence-corrected chi connectivity index (χ4v) is 3.94. The van der Waals surface area contributed by atoms with Gasteiger partial charge in [0.05, 0.1) is 0 Å². The fourth-order valence-electron chi connectivity index (χ4n) is 3.94. The number of halogens is 1. The first kappa shape index (κ1) is 21.1. The summed E-state index contributed by atoms with van der Waals surface area (Å²) in [6, 6.07) is 15.8. The molecule has 2 saturated heterocycles. The number of amides is 3. The fraction of sp³-hybridized carbons (Fsp3) is 0.333. The van der Waals surface area contributed by atoms with Crippen molar-refractivity contribution in [3.8, 4) is 0 Å². The van der Waals surface area contributed by atoms with Crippen molar-refractivity contribution in [1.82, 2.24) is 14.7 Å². The number of carbonyl (C=O) groups excluding carboxylic acids is 2. The minimum Gasteiger partial charge on any atom is -0.339 e. The monoisotopic (exact) mass is 422 g/mol. The summed E-state index contributed by atoms with van der Waals surface area (Å²) in [7, 11) is 0. The Kier molecular flexibility index (Phi) is 6.62. The Bertz CT molecular complexity index is 924. The second-order valence-corrected chi connectivity index (χ2v) is 7.83. The zero-order valence-electron chi connectivity index (χ0n) is 17.5. The molecule has 162 valence electrons. The van der Waals surface area contributed by atoms with Gasteiger partial charge in [-0.1, -0.05) is 42.5 Å². The lowest BCUT2D eigenvalue weighted by atomic mass is 10.2. The first-order valence-electron chi connectivity index (χ1n) is 10.6. The normalized spacial score (nSPS) is 17.7. The van der Waals surface area contributed by atoms with Crippen molar-refractivity contribution in [3.05, 3.63) is 72.1 Å². The average Bonchev–Trinajstić information content (AvgIpc) is 3.15. The van der Waals surface area contributed by atoms with Crippen LogP contribution in [0.5, 0.6) is 0 Å². The van der Waals surface area contributed by atoms with Crippen LogP contribution in [-0.4, -0.2) is 79.0 Å². The largest absolute Gasteiger partial charge is 0.339 e. The number of piperazine rings is 1. The van der Waals surface area contributed by atoms with E-state index in [0.29, 0.717) is 31.9 Å². The molecule has 0 saturated carbocycles. The first-order chi connectivity index (χ1) is 15.1. The van der Waals surface area contributed by atoms with Gasteiger partial charge in [0.2, 0.25) is 5.91 Å². The van der Waals surface area contributed by atoms with Crippen LogP contribution in [0.3, 0.4) is 0 Å². The Balaban J connectivity index is 1.22. The van der Waals surface area contributed by atoms with E-state index in [0.717, 1.165) is 19.6 Å². The predicted molar refractivity (Wildman–Crippen MR) is 119 cm³/mol. The van der Waals surface area contributed by atoms with Gasteiger partial charge >= 0.3 is 6.03 Å². The van der Waals surface area contributed by atoms with Gasteiger partial charge in [-0.3, -0.25) is 14.6 Å². The van der Waals surface area contributed by atoms with Crippen LogP contribution in [-0.2, 0) is 4.79 Å². The van der Waals surface area contributed by atoms with Crippen molar-refractivity contribution in [1.29, 1.82) is 0 Å². The smallest absolute Gasteiger partial charge is 0.325 e. The topological polar surface area (TPSA) is 47.1 Å². The Morgan fingerprint density at radius 3 is 2.32 bits per heavy atom. The molecule has 2 aliphatic heterocycles. The highest BCUT2D eigenvalue weighted by Crippen LogP contribution is 2.20. The number of nitrogens with zero attached hydrogens (tertiary/aromatic N) is 4. The molecule has 7 heteroatoms. The van der Waals surface area contributed by atoms with Gasteiger partial charge in [0.1, 0.15) is 12.4 Å². The SMILES string of the molecule is O=C(CN1CCN(c2ccc(F)cc2)C1=O)N1CCN(C/C=C/c2ccccc2)CC1. The van der Waals surface area contributed by atoms with Crippen molar-refractivity contribution in [2.45, 2.75) is 0 Å². The summed E-state index contributed by atoms with van der Waals surface area (Å²) < 4.78 is 13.1. The molecule has 3 amide bonds. The van der Waals surface area contributed by atoms with Crippen LogP contribution in [0, 0.1) is 5.82 Å². The van der Waals surface area contributed by atoms with Gasteiger partial charge in [0, 0.05) is 51.5 Å². The molecule has 0 N–H and O–H groups in total. The van der Waals surface area contributed by atoms with E-state index in [1.54, 1.807) is 21.9 Å². The van der Waals surface area contributed by atoms with Gasteiger partial charge in [-0.15, -0.1) is 0 Å². The summed E-state index contributed by atoms with van der Waals surface area (Å²) in [6.07, 6.45) is 4.27. The van der Waals surface area contributed by atoms with E-state index < -0.39 is 0 Å². The van der Waals surface area contributed by atoms with Crippen molar-refractivity contribution in [2.24, 2.45) is 0 Å². The van der Waals surface area contributed by atoms with E-state index in [2.05, 4.69) is 29.2 Å². The number of rotatable bonds is 6. The highest BCUT2D eigenvalue weighted by Gasteiger charge is 2.32. The molecular weight excluding hydrogens is 395 g/mol. The molecule has 2 aromatic rings. The van der Waals surface area contributed by atoms with Crippen LogP contribution < -0.4 is 4.90 Å². The van der Waals surface area contributed by atoms with Crippen molar-refractivity contribution in [3.63, 3.8) is 0 Å². The number of anilines is 1. The van der Waals surface area contributed by atoms with E-state index in [-0.39, 0.29) is 24.3 Å². The number of hydrogen-bond acceptors (Lipinski definition) is 3. The Labute approximate surface area is 182 Å². The maximum Gasteiger partial charge on any atom is 0.325 e. The second-order valence-electron chi connectivity index (χ2n) is 7.83. The van der Waals surface area contributed by atoms with Crippen LogP contribution in [0.25, 0.3) is 6.08 Å². The third kappa shape index (κ3) is 5.30. The number of carbonyl (C=O) groups is 2. The molecule has 2 fully saturated rings. The Hall–Kier alpha value is -3.19. The lowest BCUT2D eigenvalue weighted by Gasteiger charge is -2.35. The molecule has 0 radical (unpaired) electrons. The zero-order chi connectivity index (χ0) is 21.6. The molecule has 0 unspecified atom stereocenters. The second kappa shape index (κ2) is 9.75. The van der Waals surface area contributed by atoms with Gasteiger partial charge in [0.15, 0.2) is 0 Å². The molecule has 2 aliphatic rings. The van der Waals surface area contributed by atoms with Crippen LogP contribution >= 0.6 is 0 Å². The summed E-state index contributed by atoms with van der Waals surface area (Å²) >= 11 is 0. The van der Waals surface area contributed by atoms with E-state index in [4.69, 9.17) is 0 Å². The summed E-state index contributed by atoms with van der Waals surface area (Å²) in [5.74, 6) is -0.356. The molecule has 6 nitrogen and oxygen atoms in total. The van der Waals surface area contributed by atoms with Crippen LogP contribution in [0.2, 0.25) is 0 Å². The van der Waals surface area contributed by atoms with Crippen molar-refractivity contribution >= 4 is 23.7 Å². The molecule has 2 aromatic carbocycles. The predicted octanol–water partition coefficient (Wildman–Crippen LogP) is 2.93. The minimum absolute atomic E-state index is 0.0196. The molecule has 0 atom stereocenters. The Morgan fingerprint density at radius 1 is 0.903 bits per heavy atom. The molecular formula is C24H27FN4O2. The van der Waals surface area contributed by atoms with Gasteiger partial charge in [-0.25, -0.2) is 9.18 Å². The van der Waals surface area contributed by atoms with Crippen LogP contribution in [0.15, 0.2) is 60.7 Å². The molecule has 2 heterocycles. The van der Waals surface area contributed by atoms with E-state index in [9.17, 15) is 14.0 Å². The van der Waals surface area contributed by atoms with Gasteiger partial charge in [0.25, 0.3) is 0 Å². The molecule has 4 rings (SSSR count). The molecule has 0 aliphatic carbocycles. The molecule has 0 bridgehead atoms. The average molecular weight is 423 g/mol. The third-order valence-electron chi connectivity index (χ3n) is 5.76. The standard InChI is InChI=1S/C24H27FN4O2/c25-21-8-10-22(11-9-21)29-18-17-28(24(29)31)19-23(30)27-15-13-26(14-16-27)12-4-7-20-5-2-1-3-6-20/h1-11H,12-19H2/b7-4+. The maximum absolute atomic E-state index is 13.1. The quantitative estimate of drug-likeness (QED) is 0.719. The molecule has 31 heavy (non-hydrogen) atoms. The van der Waals surface area contributed by atoms with Crippen molar-refractivity contribution in [2.75, 3.05) is 57.3 Å². The summed E-state index contributed by atoms with van der Waals surface area (Å²) in [6.45, 7) is 4.91. The van der Waals surface area contributed by atoms with Crippen molar-refractivity contribution < 1.29 is 14.0 Å². The molecule has 0 spiro atoms.